The van der Waals surface area contributed by atoms with Gasteiger partial charge in [-0.3, -0.25) is 31.6 Å². The molecule has 0 aliphatic carbocycles. The predicted molar refractivity (Wildman–Crippen MR) is 121 cm³/mol. The fraction of sp³-hybridized carbons (Fsp3) is 0.571. The summed E-state index contributed by atoms with van der Waals surface area (Å²) in [5, 5.41) is 40.1. The highest BCUT2D eigenvalue weighted by molar-refractivity contribution is 8.25. The van der Waals surface area contributed by atoms with Crippen molar-refractivity contribution in [3.63, 3.8) is 0 Å². The van der Waals surface area contributed by atoms with Crippen molar-refractivity contribution in [2.45, 2.75) is 57.2 Å². The van der Waals surface area contributed by atoms with Gasteiger partial charge in [-0.2, -0.15) is 10.2 Å². The zero-order valence-electron chi connectivity index (χ0n) is 16.5. The number of hydrogen-bond donors (Lipinski definition) is 4. The van der Waals surface area contributed by atoms with Crippen molar-refractivity contribution >= 4 is 58.1 Å². The number of hydrazone groups is 2. The van der Waals surface area contributed by atoms with E-state index in [0.29, 0.717) is 44.1 Å². The molecule has 0 fully saturated rings. The number of rotatable bonds is 11. The van der Waals surface area contributed by atoms with Gasteiger partial charge in [0.1, 0.15) is 0 Å². The van der Waals surface area contributed by atoms with Gasteiger partial charge in [0.05, 0.1) is 21.4 Å². The first-order chi connectivity index (χ1) is 15.4. The van der Waals surface area contributed by atoms with Gasteiger partial charge in [0.15, 0.2) is 0 Å². The van der Waals surface area contributed by atoms with Gasteiger partial charge in [-0.25, -0.2) is 0 Å². The van der Waals surface area contributed by atoms with Gasteiger partial charge in [0.2, 0.25) is 20.0 Å². The van der Waals surface area contributed by atoms with E-state index >= 15 is 0 Å². The lowest BCUT2D eigenvalue weighted by molar-refractivity contribution is -0.808. The molecule has 2 aromatic heterocycles. The van der Waals surface area contributed by atoms with Crippen LogP contribution in [-0.4, -0.2) is 30.1 Å². The molecule has 0 spiro atoms. The van der Waals surface area contributed by atoms with Crippen LogP contribution in [0.25, 0.3) is 0 Å². The van der Waals surface area contributed by atoms with Gasteiger partial charge in [-0.15, -0.1) is 0 Å². The molecule has 0 amide bonds. The molecule has 2 aliphatic rings. The Kier molecular flexibility index (Phi) is 7.25. The Morgan fingerprint density at radius 3 is 1.66 bits per heavy atom. The van der Waals surface area contributed by atoms with Crippen molar-refractivity contribution in [2.75, 3.05) is 0 Å². The number of nitrogens with zero attached hydrogens (tertiary/aromatic N) is 6. The molecule has 2 atom stereocenters. The van der Waals surface area contributed by atoms with E-state index in [4.69, 9.17) is 20.7 Å². The molecule has 0 bridgehead atoms. The van der Waals surface area contributed by atoms with Crippen LogP contribution in [0.5, 0.6) is 0 Å². The van der Waals surface area contributed by atoms with Crippen LogP contribution >= 0.6 is 47.0 Å². The van der Waals surface area contributed by atoms with E-state index < -0.39 is 8.65 Å². The maximum Gasteiger partial charge on any atom is 0.282 e. The number of aromatic nitrogens is 4. The Balaban J connectivity index is 1.22. The normalized spacial score (nSPS) is 24.2. The van der Waals surface area contributed by atoms with Crippen LogP contribution in [-0.2, 0) is 12.8 Å². The minimum Gasteiger partial charge on any atom is -0.359 e. The molecule has 32 heavy (non-hydrogen) atoms. The standard InChI is InChI=1S/C14H20N10O4S4/c15-13(21-17-7-29-13)31-11-9(23(25)27-19-11)5-3-1-2-4-6-10-12(20-28-24(10)26)32-14(16)22-18-8-30-14/h7-8,21-22H,1-6,15-16H2. The van der Waals surface area contributed by atoms with Crippen molar-refractivity contribution in [1.29, 1.82) is 0 Å². The fourth-order valence-electron chi connectivity index (χ4n) is 2.87. The maximum absolute atomic E-state index is 11.9. The number of hydrogen-bond acceptors (Lipinski definition) is 16. The van der Waals surface area contributed by atoms with E-state index in [1.807, 2.05) is 0 Å². The van der Waals surface area contributed by atoms with Gasteiger partial charge in [0, 0.05) is 12.8 Å². The highest BCUT2D eigenvalue weighted by atomic mass is 32.2. The second kappa shape index (κ2) is 9.96. The van der Waals surface area contributed by atoms with E-state index in [1.54, 1.807) is 11.1 Å². The van der Waals surface area contributed by atoms with Crippen LogP contribution < -0.4 is 32.1 Å². The molecule has 18 heteroatoms. The first-order valence-corrected chi connectivity index (χ1v) is 12.8. The summed E-state index contributed by atoms with van der Waals surface area (Å²) in [5.41, 5.74) is 21.8. The first kappa shape index (κ1) is 23.3. The number of unbranched alkanes of at least 4 members (excludes halogenated alkanes) is 3. The van der Waals surface area contributed by atoms with Crippen molar-refractivity contribution in [3.8, 4) is 0 Å². The van der Waals surface area contributed by atoms with Gasteiger partial charge in [-0.05, 0) is 46.2 Å². The summed E-state index contributed by atoms with van der Waals surface area (Å²) < 4.78 is 7.65. The summed E-state index contributed by atoms with van der Waals surface area (Å²) in [6.45, 7) is 0. The molecular weight excluding hydrogens is 500 g/mol. The molecule has 2 aliphatic heterocycles. The van der Waals surface area contributed by atoms with Crippen molar-refractivity contribution in [3.05, 3.63) is 21.8 Å². The van der Waals surface area contributed by atoms with Crippen molar-refractivity contribution in [2.24, 2.45) is 21.7 Å². The highest BCUT2D eigenvalue weighted by Crippen LogP contribution is 2.38. The Bertz CT molecular complexity index is 904. The van der Waals surface area contributed by atoms with E-state index in [2.05, 4.69) is 31.4 Å². The summed E-state index contributed by atoms with van der Waals surface area (Å²) in [6, 6.07) is 0. The summed E-state index contributed by atoms with van der Waals surface area (Å²) in [6.07, 6.45) is 4.17. The van der Waals surface area contributed by atoms with E-state index in [-0.39, 0.29) is 0 Å². The van der Waals surface area contributed by atoms with Gasteiger partial charge < -0.3 is 10.4 Å². The van der Waals surface area contributed by atoms with E-state index in [1.165, 1.54) is 47.0 Å². The molecule has 0 saturated heterocycles. The van der Waals surface area contributed by atoms with E-state index in [9.17, 15) is 10.4 Å². The molecule has 2 aromatic rings. The van der Waals surface area contributed by atoms with Crippen LogP contribution in [0.3, 0.4) is 0 Å². The summed E-state index contributed by atoms with van der Waals surface area (Å²) >= 11 is 4.93. The lowest BCUT2D eigenvalue weighted by Crippen LogP contribution is -2.41. The van der Waals surface area contributed by atoms with Crippen LogP contribution in [0.1, 0.15) is 37.1 Å². The molecule has 0 saturated carbocycles. The quantitative estimate of drug-likeness (QED) is 0.177. The van der Waals surface area contributed by atoms with Gasteiger partial charge in [-0.1, -0.05) is 36.4 Å². The van der Waals surface area contributed by atoms with Crippen LogP contribution in [0.4, 0.5) is 0 Å². The summed E-state index contributed by atoms with van der Waals surface area (Å²) in [4.78, 5) is 0.823. The highest BCUT2D eigenvalue weighted by Gasteiger charge is 2.36. The van der Waals surface area contributed by atoms with Crippen LogP contribution in [0.2, 0.25) is 0 Å². The fourth-order valence-corrected chi connectivity index (χ4v) is 6.23. The monoisotopic (exact) mass is 520 g/mol. The van der Waals surface area contributed by atoms with E-state index in [0.717, 1.165) is 25.7 Å². The van der Waals surface area contributed by atoms with Crippen LogP contribution in [0, 0.1) is 10.4 Å². The largest absolute Gasteiger partial charge is 0.359 e. The lowest BCUT2D eigenvalue weighted by Gasteiger charge is -2.18. The summed E-state index contributed by atoms with van der Waals surface area (Å²) in [7, 11) is 0. The Hall–Kier alpha value is -1.86. The van der Waals surface area contributed by atoms with Gasteiger partial charge in [0.25, 0.3) is 10.1 Å². The molecule has 174 valence electrons. The molecule has 0 radical (unpaired) electrons. The summed E-state index contributed by atoms with van der Waals surface area (Å²) in [5.74, 6) is 0. The molecule has 14 nitrogen and oxygen atoms in total. The molecule has 4 heterocycles. The molecule has 6 N–H and O–H groups in total. The second-order valence-electron chi connectivity index (χ2n) is 6.75. The zero-order valence-corrected chi connectivity index (χ0v) is 19.8. The maximum atomic E-state index is 11.9. The number of nitrogens with two attached hydrogens (primary N) is 2. The third kappa shape index (κ3) is 5.54. The van der Waals surface area contributed by atoms with Crippen molar-refractivity contribution < 1.29 is 19.1 Å². The third-order valence-electron chi connectivity index (χ3n) is 4.41. The molecule has 0 aromatic carbocycles. The Morgan fingerprint density at radius 1 is 0.844 bits per heavy atom. The molecule has 4 rings (SSSR count). The van der Waals surface area contributed by atoms with Crippen molar-refractivity contribution in [1.82, 2.24) is 21.2 Å². The third-order valence-corrected chi connectivity index (χ3v) is 8.58. The minimum absolute atomic E-state index is 0.411. The molecule has 2 unspecified atom stereocenters. The average Bonchev–Trinajstić information content (AvgIpc) is 3.52. The predicted octanol–water partition coefficient (Wildman–Crippen LogP) is 0.159. The second-order valence-corrected chi connectivity index (χ2v) is 11.9. The van der Waals surface area contributed by atoms with Gasteiger partial charge >= 0.3 is 0 Å². The topological polar surface area (TPSA) is 207 Å². The Labute approximate surface area is 198 Å². The number of nitrogens with one attached hydrogen (secondary N) is 2. The smallest absolute Gasteiger partial charge is 0.282 e. The zero-order chi connectivity index (χ0) is 22.6. The first-order valence-electron chi connectivity index (χ1n) is 9.43. The molecular formula is C14H20N10O4S4. The lowest BCUT2D eigenvalue weighted by atomic mass is 10.1. The minimum atomic E-state index is -0.915. The average molecular weight is 521 g/mol. The number of thioether (sulfide) groups is 4. The SMILES string of the molecule is NC1(Sc2no[n+]([O-])c2CCCCCCc2c(SC3(N)NN=CS3)no[n+]2[O-])NN=CS1. The van der Waals surface area contributed by atoms with Crippen LogP contribution in [0.15, 0.2) is 29.5 Å². The Morgan fingerprint density at radius 2 is 1.28 bits per heavy atom.